The van der Waals surface area contributed by atoms with Crippen LogP contribution in [0.3, 0.4) is 0 Å². The van der Waals surface area contributed by atoms with Gasteiger partial charge in [0, 0.05) is 26.3 Å². The van der Waals surface area contributed by atoms with Gasteiger partial charge in [-0.3, -0.25) is 9.59 Å². The number of fused-ring (bicyclic) bond motifs is 1. The van der Waals surface area contributed by atoms with Crippen LogP contribution in [-0.2, 0) is 11.5 Å². The monoisotopic (exact) mass is 479 g/mol. The van der Waals surface area contributed by atoms with Crippen LogP contribution in [0.5, 0.6) is 0 Å². The number of ketones is 1. The highest BCUT2D eigenvalue weighted by molar-refractivity contribution is 9.11. The Hall–Kier alpha value is -1.81. The fourth-order valence-corrected chi connectivity index (χ4v) is 4.99. The number of halogens is 1. The number of rotatable bonds is 8. The fraction of sp³-hybridized carbons (Fsp3) is 0.316. The number of hydrogen-bond acceptors (Lipinski definition) is 5. The van der Waals surface area contributed by atoms with Crippen molar-refractivity contribution in [3.63, 3.8) is 0 Å². The Morgan fingerprint density at radius 2 is 2.00 bits per heavy atom. The van der Waals surface area contributed by atoms with Gasteiger partial charge in [0.2, 0.25) is 5.78 Å². The summed E-state index contributed by atoms with van der Waals surface area (Å²) in [7, 11) is -1.16. The van der Waals surface area contributed by atoms with Crippen molar-refractivity contribution in [2.24, 2.45) is 5.73 Å². The Bertz CT molecular complexity index is 1040. The van der Waals surface area contributed by atoms with Crippen molar-refractivity contribution in [1.82, 2.24) is 9.55 Å². The normalized spacial score (nSPS) is 11.9. The van der Waals surface area contributed by atoms with E-state index in [1.54, 1.807) is 6.20 Å². The van der Waals surface area contributed by atoms with E-state index in [9.17, 15) is 9.59 Å². The average molecular weight is 480 g/mol. The molecule has 6 nitrogen and oxygen atoms in total. The zero-order valence-corrected chi connectivity index (χ0v) is 19.4. The van der Waals surface area contributed by atoms with Gasteiger partial charge in [0.15, 0.2) is 10.7 Å². The molecule has 2 N–H and O–H groups in total. The smallest absolute Gasteiger partial charge is 0.269 e. The number of hydrogen-bond donors (Lipinski definition) is 1. The molecule has 28 heavy (non-hydrogen) atoms. The van der Waals surface area contributed by atoms with Gasteiger partial charge in [-0.2, -0.15) is 0 Å². The first-order chi connectivity index (χ1) is 13.2. The summed E-state index contributed by atoms with van der Waals surface area (Å²) < 4.78 is 8.26. The van der Waals surface area contributed by atoms with Crippen LogP contribution >= 0.6 is 27.3 Å². The van der Waals surface area contributed by atoms with E-state index in [2.05, 4.69) is 40.6 Å². The van der Waals surface area contributed by atoms with Crippen LogP contribution in [0.25, 0.3) is 10.9 Å². The highest BCUT2D eigenvalue weighted by Crippen LogP contribution is 2.29. The van der Waals surface area contributed by atoms with Crippen molar-refractivity contribution in [2.45, 2.75) is 32.4 Å². The number of primary amides is 1. The molecule has 0 saturated carbocycles. The van der Waals surface area contributed by atoms with Crippen LogP contribution in [-0.4, -0.2) is 35.9 Å². The number of nitrogens with zero attached hydrogens (tertiary/aromatic N) is 2. The Kier molecular flexibility index (Phi) is 6.18. The van der Waals surface area contributed by atoms with E-state index in [1.807, 2.05) is 28.8 Å². The van der Waals surface area contributed by atoms with Gasteiger partial charge in [0.1, 0.15) is 10.5 Å². The molecule has 0 aliphatic carbocycles. The molecule has 1 aromatic carbocycles. The van der Waals surface area contributed by atoms with E-state index in [-0.39, 0.29) is 16.5 Å². The number of amides is 1. The van der Waals surface area contributed by atoms with Crippen molar-refractivity contribution < 1.29 is 14.3 Å². The highest BCUT2D eigenvalue weighted by atomic mass is 79.9. The maximum absolute atomic E-state index is 13.0. The van der Waals surface area contributed by atoms with Crippen molar-refractivity contribution in [3.8, 4) is 0 Å². The van der Waals surface area contributed by atoms with Gasteiger partial charge in [0.25, 0.3) is 5.91 Å². The summed E-state index contributed by atoms with van der Waals surface area (Å²) in [6.45, 7) is 8.01. The molecule has 1 amide bonds. The van der Waals surface area contributed by atoms with Crippen molar-refractivity contribution in [2.75, 3.05) is 6.61 Å². The molecule has 2 heterocycles. The molecule has 0 atom stereocenters. The van der Waals surface area contributed by atoms with Crippen molar-refractivity contribution in [1.29, 1.82) is 0 Å². The molecular weight excluding hydrogens is 458 g/mol. The lowest BCUT2D eigenvalue weighted by atomic mass is 10.1. The van der Waals surface area contributed by atoms with Crippen LogP contribution in [0.2, 0.25) is 25.7 Å². The van der Waals surface area contributed by atoms with Gasteiger partial charge in [-0.15, -0.1) is 11.3 Å². The molecule has 0 radical (unpaired) electrons. The fourth-order valence-electron chi connectivity index (χ4n) is 2.74. The third-order valence-corrected chi connectivity index (χ3v) is 7.68. The Labute approximate surface area is 176 Å². The zero-order valence-electron chi connectivity index (χ0n) is 16.0. The minimum atomic E-state index is -1.16. The van der Waals surface area contributed by atoms with E-state index in [0.717, 1.165) is 28.3 Å². The van der Waals surface area contributed by atoms with Crippen LogP contribution in [0, 0.1) is 0 Å². The summed E-state index contributed by atoms with van der Waals surface area (Å²) >= 11 is 4.36. The van der Waals surface area contributed by atoms with Crippen LogP contribution < -0.4 is 5.73 Å². The highest BCUT2D eigenvalue weighted by Gasteiger charge is 2.23. The zero-order chi connectivity index (χ0) is 20.5. The molecule has 9 heteroatoms. The molecule has 0 saturated heterocycles. The molecule has 0 aliphatic heterocycles. The largest absolute Gasteiger partial charge is 0.364 e. The topological polar surface area (TPSA) is 87.2 Å². The minimum Gasteiger partial charge on any atom is -0.364 e. The van der Waals surface area contributed by atoms with Crippen LogP contribution in [0.1, 0.15) is 25.9 Å². The van der Waals surface area contributed by atoms with Gasteiger partial charge in [-0.1, -0.05) is 37.8 Å². The number of benzene rings is 1. The lowest BCUT2D eigenvalue weighted by molar-refractivity contribution is 0.0899. The Balaban J connectivity index is 1.88. The molecule has 3 aromatic rings. The molecule has 0 bridgehead atoms. The van der Waals surface area contributed by atoms with Gasteiger partial charge in [-0.25, -0.2) is 4.98 Å². The van der Waals surface area contributed by atoms with Crippen LogP contribution in [0.4, 0.5) is 0 Å². The first-order valence-electron chi connectivity index (χ1n) is 8.84. The summed E-state index contributed by atoms with van der Waals surface area (Å²) in [5, 5.41) is 1.05. The van der Waals surface area contributed by atoms with E-state index in [1.165, 1.54) is 0 Å². The summed E-state index contributed by atoms with van der Waals surface area (Å²) in [5.74, 6) is -0.907. The summed E-state index contributed by atoms with van der Waals surface area (Å²) in [5.41, 5.74) is 6.83. The van der Waals surface area contributed by atoms with Gasteiger partial charge < -0.3 is 15.0 Å². The first kappa shape index (κ1) is 20.9. The number of carbonyl (C=O) groups excluding carboxylic acids is 2. The number of aromatic nitrogens is 2. The van der Waals surface area contributed by atoms with E-state index in [4.69, 9.17) is 10.5 Å². The Morgan fingerprint density at radius 3 is 2.64 bits per heavy atom. The minimum absolute atomic E-state index is 0.0757. The second kappa shape index (κ2) is 8.28. The van der Waals surface area contributed by atoms with E-state index < -0.39 is 14.0 Å². The molecule has 0 aliphatic rings. The van der Waals surface area contributed by atoms with E-state index >= 15 is 0 Å². The van der Waals surface area contributed by atoms with Gasteiger partial charge in [-0.05, 0) is 28.0 Å². The van der Waals surface area contributed by atoms with Crippen LogP contribution in [0.15, 0.2) is 34.2 Å². The molecular formula is C19H22BrN3O3SSi. The maximum Gasteiger partial charge on any atom is 0.269 e. The summed E-state index contributed by atoms with van der Waals surface area (Å²) in [4.78, 5) is 28.6. The maximum atomic E-state index is 13.0. The molecule has 0 fully saturated rings. The molecule has 3 rings (SSSR count). The number of para-hydroxylation sites is 1. The number of ether oxygens (including phenoxy) is 1. The van der Waals surface area contributed by atoms with Gasteiger partial charge >= 0.3 is 0 Å². The average Bonchev–Trinajstić information content (AvgIpc) is 3.19. The second-order valence-corrected chi connectivity index (χ2v) is 15.7. The number of nitrogens with two attached hydrogens (primary N) is 1. The lowest BCUT2D eigenvalue weighted by Gasteiger charge is -2.15. The predicted molar refractivity (Wildman–Crippen MR) is 118 cm³/mol. The SMILES string of the molecule is C[Si](C)(C)CCOCn1cc(C(=O)c2nc(C(N)=O)c(Br)s2)c2ccccc21. The molecule has 148 valence electrons. The molecule has 2 aromatic heterocycles. The molecule has 0 unspecified atom stereocenters. The number of carbonyl (C=O) groups is 2. The third kappa shape index (κ3) is 4.60. The predicted octanol–water partition coefficient (Wildman–Crippen LogP) is 4.50. The van der Waals surface area contributed by atoms with Gasteiger partial charge in [0.05, 0.1) is 11.1 Å². The summed E-state index contributed by atoms with van der Waals surface area (Å²) in [6.07, 6.45) is 1.79. The molecule has 0 spiro atoms. The Morgan fingerprint density at radius 1 is 1.29 bits per heavy atom. The number of thiazole rings is 1. The van der Waals surface area contributed by atoms with Crippen molar-refractivity contribution >= 4 is 57.9 Å². The second-order valence-electron chi connectivity index (χ2n) is 7.71. The first-order valence-corrected chi connectivity index (χ1v) is 14.2. The lowest BCUT2D eigenvalue weighted by Crippen LogP contribution is -2.21. The quantitative estimate of drug-likeness (QED) is 0.292. The standard InChI is InChI=1S/C19H22BrN3O3SSi/c1-28(2,3)9-8-26-11-23-10-13(12-6-4-5-7-14(12)23)16(24)19-22-15(18(21)25)17(20)27-19/h4-7,10H,8-9,11H2,1-3H3,(H2,21,25). The summed E-state index contributed by atoms with van der Waals surface area (Å²) in [6, 6.07) is 8.77. The third-order valence-electron chi connectivity index (χ3n) is 4.27. The van der Waals surface area contributed by atoms with Crippen molar-refractivity contribution in [3.05, 3.63) is 50.5 Å². The van der Waals surface area contributed by atoms with E-state index in [0.29, 0.717) is 22.7 Å².